The van der Waals surface area contributed by atoms with Crippen molar-refractivity contribution in [3.63, 3.8) is 0 Å². The van der Waals surface area contributed by atoms with Gasteiger partial charge < -0.3 is 9.64 Å². The first-order valence-electron chi connectivity index (χ1n) is 7.74. The highest BCUT2D eigenvalue weighted by Crippen LogP contribution is 2.44. The third-order valence-electron chi connectivity index (χ3n) is 4.37. The van der Waals surface area contributed by atoms with Crippen molar-refractivity contribution in [2.45, 2.75) is 31.7 Å². The quantitative estimate of drug-likeness (QED) is 0.772. The van der Waals surface area contributed by atoms with Crippen LogP contribution in [0, 0.1) is 17.7 Å². The predicted molar refractivity (Wildman–Crippen MR) is 78.2 cm³/mol. The molecule has 0 bridgehead atoms. The standard InChI is InChI=1S/C17H22FNO2/c1-19(16(20)11-21-10-12-2-3-12)17(13-4-5-13)14-6-8-15(18)9-7-14/h6-9,12-13,17H,2-5,10-11H2,1H3/t17-/m1/s1. The number of carbonyl (C=O) groups is 1. The smallest absolute Gasteiger partial charge is 0.248 e. The molecule has 3 nitrogen and oxygen atoms in total. The maximum absolute atomic E-state index is 13.1. The summed E-state index contributed by atoms with van der Waals surface area (Å²) in [7, 11) is 1.83. The number of ether oxygens (including phenoxy) is 1. The number of carbonyl (C=O) groups excluding carboxylic acids is 1. The minimum absolute atomic E-state index is 0.0110. The second-order valence-electron chi connectivity index (χ2n) is 6.30. The molecule has 0 heterocycles. The van der Waals surface area contributed by atoms with E-state index in [0.717, 1.165) is 18.4 Å². The van der Waals surface area contributed by atoms with Crippen LogP contribution in [0.3, 0.4) is 0 Å². The number of halogens is 1. The van der Waals surface area contributed by atoms with Gasteiger partial charge in [0.25, 0.3) is 0 Å². The minimum atomic E-state index is -0.241. The first-order valence-corrected chi connectivity index (χ1v) is 7.74. The van der Waals surface area contributed by atoms with Gasteiger partial charge in [-0.15, -0.1) is 0 Å². The number of nitrogens with zero attached hydrogens (tertiary/aromatic N) is 1. The van der Waals surface area contributed by atoms with E-state index in [1.54, 1.807) is 17.0 Å². The van der Waals surface area contributed by atoms with E-state index < -0.39 is 0 Å². The van der Waals surface area contributed by atoms with Crippen molar-refractivity contribution >= 4 is 5.91 Å². The van der Waals surface area contributed by atoms with Gasteiger partial charge >= 0.3 is 0 Å². The number of hydrogen-bond donors (Lipinski definition) is 0. The summed E-state index contributed by atoms with van der Waals surface area (Å²) in [5.74, 6) is 0.930. The van der Waals surface area contributed by atoms with E-state index in [1.807, 2.05) is 7.05 Å². The molecule has 0 saturated heterocycles. The summed E-state index contributed by atoms with van der Waals surface area (Å²) in [4.78, 5) is 14.1. The van der Waals surface area contributed by atoms with Crippen LogP contribution in [-0.4, -0.2) is 31.1 Å². The lowest BCUT2D eigenvalue weighted by molar-refractivity contribution is -0.137. The van der Waals surface area contributed by atoms with Crippen molar-refractivity contribution in [2.24, 2.45) is 11.8 Å². The Balaban J connectivity index is 1.61. The van der Waals surface area contributed by atoms with Crippen molar-refractivity contribution < 1.29 is 13.9 Å². The number of benzene rings is 1. The average Bonchev–Trinajstić information content (AvgIpc) is 3.35. The largest absolute Gasteiger partial charge is 0.371 e. The highest BCUT2D eigenvalue weighted by Gasteiger charge is 2.36. The molecule has 0 radical (unpaired) electrons. The zero-order valence-electron chi connectivity index (χ0n) is 12.4. The van der Waals surface area contributed by atoms with E-state index in [0.29, 0.717) is 18.4 Å². The second-order valence-corrected chi connectivity index (χ2v) is 6.30. The molecule has 2 aliphatic carbocycles. The third kappa shape index (κ3) is 3.82. The Morgan fingerprint density at radius 3 is 2.52 bits per heavy atom. The molecule has 3 rings (SSSR count). The van der Waals surface area contributed by atoms with Crippen molar-refractivity contribution in [3.8, 4) is 0 Å². The van der Waals surface area contributed by atoms with E-state index in [4.69, 9.17) is 4.74 Å². The second kappa shape index (κ2) is 6.14. The Labute approximate surface area is 125 Å². The zero-order valence-corrected chi connectivity index (χ0v) is 12.4. The zero-order chi connectivity index (χ0) is 14.8. The van der Waals surface area contributed by atoms with Crippen LogP contribution in [0.15, 0.2) is 24.3 Å². The molecule has 2 saturated carbocycles. The lowest BCUT2D eigenvalue weighted by Gasteiger charge is -2.29. The lowest BCUT2D eigenvalue weighted by atomic mass is 10.0. The van der Waals surface area contributed by atoms with E-state index >= 15 is 0 Å². The first kappa shape index (κ1) is 14.5. The fourth-order valence-corrected chi connectivity index (χ4v) is 2.74. The van der Waals surface area contributed by atoms with Crippen LogP contribution in [0.4, 0.5) is 4.39 Å². The van der Waals surface area contributed by atoms with Crippen molar-refractivity contribution in [1.29, 1.82) is 0 Å². The van der Waals surface area contributed by atoms with Crippen LogP contribution < -0.4 is 0 Å². The molecule has 2 fully saturated rings. The van der Waals surface area contributed by atoms with Crippen molar-refractivity contribution in [2.75, 3.05) is 20.3 Å². The molecular weight excluding hydrogens is 269 g/mol. The molecule has 0 N–H and O–H groups in total. The van der Waals surface area contributed by atoms with Crippen molar-refractivity contribution in [3.05, 3.63) is 35.6 Å². The number of rotatable bonds is 7. The SMILES string of the molecule is CN(C(=O)COCC1CC1)[C@@H](c1ccc(F)cc1)C1CC1. The molecular formula is C17H22FNO2. The minimum Gasteiger partial charge on any atom is -0.371 e. The Morgan fingerprint density at radius 1 is 1.29 bits per heavy atom. The summed E-state index contributed by atoms with van der Waals surface area (Å²) in [6, 6.07) is 6.54. The molecule has 21 heavy (non-hydrogen) atoms. The highest BCUT2D eigenvalue weighted by molar-refractivity contribution is 5.77. The van der Waals surface area contributed by atoms with Crippen LogP contribution in [-0.2, 0) is 9.53 Å². The molecule has 0 aromatic heterocycles. The third-order valence-corrected chi connectivity index (χ3v) is 4.37. The number of hydrogen-bond acceptors (Lipinski definition) is 2. The molecule has 1 aromatic rings. The van der Waals surface area contributed by atoms with Gasteiger partial charge in [-0.05, 0) is 55.2 Å². The van der Waals surface area contributed by atoms with Crippen LogP contribution in [0.1, 0.15) is 37.3 Å². The summed E-state index contributed by atoms with van der Waals surface area (Å²) in [5.41, 5.74) is 1.01. The van der Waals surface area contributed by atoms with Gasteiger partial charge in [-0.1, -0.05) is 12.1 Å². The van der Waals surface area contributed by atoms with Gasteiger partial charge in [-0.25, -0.2) is 4.39 Å². The maximum Gasteiger partial charge on any atom is 0.248 e. The van der Waals surface area contributed by atoms with Crippen LogP contribution in [0.2, 0.25) is 0 Å². The summed E-state index contributed by atoms with van der Waals surface area (Å²) >= 11 is 0. The summed E-state index contributed by atoms with van der Waals surface area (Å²) in [5, 5.41) is 0. The van der Waals surface area contributed by atoms with Crippen LogP contribution in [0.25, 0.3) is 0 Å². The summed E-state index contributed by atoms with van der Waals surface area (Å²) in [6.45, 7) is 0.849. The highest BCUT2D eigenvalue weighted by atomic mass is 19.1. The topological polar surface area (TPSA) is 29.5 Å². The van der Waals surface area contributed by atoms with Crippen LogP contribution >= 0.6 is 0 Å². The molecule has 114 valence electrons. The summed E-state index contributed by atoms with van der Waals surface area (Å²) in [6.07, 6.45) is 4.71. The number of amides is 1. The van der Waals surface area contributed by atoms with Crippen molar-refractivity contribution in [1.82, 2.24) is 4.90 Å². The van der Waals surface area contributed by atoms with E-state index in [1.165, 1.54) is 25.0 Å². The predicted octanol–water partition coefficient (Wildman–Crippen LogP) is 3.16. The fourth-order valence-electron chi connectivity index (χ4n) is 2.74. The van der Waals surface area contributed by atoms with Gasteiger partial charge in [0.2, 0.25) is 5.91 Å². The van der Waals surface area contributed by atoms with Gasteiger partial charge in [0.1, 0.15) is 12.4 Å². The van der Waals surface area contributed by atoms with E-state index in [9.17, 15) is 9.18 Å². The molecule has 4 heteroatoms. The number of likely N-dealkylation sites (N-methyl/N-ethyl adjacent to an activating group) is 1. The molecule has 0 unspecified atom stereocenters. The monoisotopic (exact) mass is 291 g/mol. The molecule has 2 aliphatic rings. The summed E-state index contributed by atoms with van der Waals surface area (Å²) < 4.78 is 18.6. The Kier molecular flexibility index (Phi) is 4.24. The molecule has 0 aliphatic heterocycles. The average molecular weight is 291 g/mol. The molecule has 0 spiro atoms. The van der Waals surface area contributed by atoms with Gasteiger partial charge in [-0.3, -0.25) is 4.79 Å². The van der Waals surface area contributed by atoms with Crippen LogP contribution in [0.5, 0.6) is 0 Å². The molecule has 1 amide bonds. The van der Waals surface area contributed by atoms with E-state index in [-0.39, 0.29) is 24.4 Å². The Morgan fingerprint density at radius 2 is 1.95 bits per heavy atom. The lowest BCUT2D eigenvalue weighted by Crippen LogP contribution is -2.35. The van der Waals surface area contributed by atoms with Gasteiger partial charge in [-0.2, -0.15) is 0 Å². The van der Waals surface area contributed by atoms with Gasteiger partial charge in [0, 0.05) is 7.05 Å². The van der Waals surface area contributed by atoms with E-state index in [2.05, 4.69) is 0 Å². The van der Waals surface area contributed by atoms with Gasteiger partial charge in [0.15, 0.2) is 0 Å². The Bertz CT molecular complexity index is 494. The maximum atomic E-state index is 13.1. The fraction of sp³-hybridized carbons (Fsp3) is 0.588. The first-order chi connectivity index (χ1) is 10.1. The molecule has 1 aromatic carbocycles. The normalized spacial score (nSPS) is 19.3. The molecule has 1 atom stereocenters. The van der Waals surface area contributed by atoms with Gasteiger partial charge in [0.05, 0.1) is 12.6 Å². The Hall–Kier alpha value is -1.42.